The summed E-state index contributed by atoms with van der Waals surface area (Å²) in [6, 6.07) is 9.55. The van der Waals surface area contributed by atoms with E-state index in [2.05, 4.69) is 43.2 Å². The number of likely N-dealkylation sites (tertiary alicyclic amines) is 1. The van der Waals surface area contributed by atoms with Crippen molar-refractivity contribution >= 4 is 38.3 Å². The zero-order valence-electron chi connectivity index (χ0n) is 17.3. The highest BCUT2D eigenvalue weighted by Gasteiger charge is 2.21. The average Bonchev–Trinajstić information content (AvgIpc) is 2.76. The van der Waals surface area contributed by atoms with Gasteiger partial charge in [0.05, 0.1) is 30.8 Å². The molecule has 30 heavy (non-hydrogen) atoms. The first-order valence-electron chi connectivity index (χ1n) is 9.86. The van der Waals surface area contributed by atoms with Crippen LogP contribution in [0.2, 0.25) is 0 Å². The van der Waals surface area contributed by atoms with Gasteiger partial charge in [-0.2, -0.15) is 0 Å². The lowest BCUT2D eigenvalue weighted by atomic mass is 10.1. The maximum absolute atomic E-state index is 6.45. The summed E-state index contributed by atoms with van der Waals surface area (Å²) in [6.07, 6.45) is 3.64. The van der Waals surface area contributed by atoms with E-state index in [4.69, 9.17) is 14.2 Å². The van der Waals surface area contributed by atoms with Crippen molar-refractivity contribution in [2.24, 2.45) is 0 Å². The Balaban J connectivity index is 1.75. The summed E-state index contributed by atoms with van der Waals surface area (Å²) in [4.78, 5) is 11.3. The highest BCUT2D eigenvalue weighted by atomic mass is 79.9. The topological polar surface area (TPSA) is 68.7 Å². The molecule has 0 radical (unpaired) electrons. The van der Waals surface area contributed by atoms with Gasteiger partial charge in [0.15, 0.2) is 0 Å². The molecule has 0 saturated carbocycles. The largest absolute Gasteiger partial charge is 0.497 e. The van der Waals surface area contributed by atoms with Crippen LogP contribution in [0.15, 0.2) is 41.1 Å². The molecule has 0 amide bonds. The first-order valence-corrected chi connectivity index (χ1v) is 10.6. The Morgan fingerprint density at radius 2 is 1.80 bits per heavy atom. The number of rotatable bonds is 6. The normalized spacial score (nSPS) is 15.2. The summed E-state index contributed by atoms with van der Waals surface area (Å²) in [5.41, 5.74) is 1.60. The SMILES string of the molecule is COc1ccc(Br)c(Nc2ncnc3cc(OC)cc(OC4CCN(C)CC4)c23)c1. The van der Waals surface area contributed by atoms with E-state index in [0.717, 1.165) is 58.5 Å². The van der Waals surface area contributed by atoms with Crippen LogP contribution >= 0.6 is 15.9 Å². The Labute approximate surface area is 184 Å². The summed E-state index contributed by atoms with van der Waals surface area (Å²) in [7, 11) is 5.43. The van der Waals surface area contributed by atoms with Gasteiger partial charge in [0.1, 0.15) is 35.5 Å². The van der Waals surface area contributed by atoms with Crippen molar-refractivity contribution in [2.75, 3.05) is 39.7 Å². The van der Waals surface area contributed by atoms with E-state index >= 15 is 0 Å². The highest BCUT2D eigenvalue weighted by molar-refractivity contribution is 9.10. The van der Waals surface area contributed by atoms with E-state index in [1.165, 1.54) is 6.33 Å². The van der Waals surface area contributed by atoms with Crippen molar-refractivity contribution < 1.29 is 14.2 Å². The second-order valence-corrected chi connectivity index (χ2v) is 8.19. The van der Waals surface area contributed by atoms with E-state index in [1.54, 1.807) is 14.2 Å². The number of halogens is 1. The third-order valence-corrected chi connectivity index (χ3v) is 5.99. The van der Waals surface area contributed by atoms with Crippen LogP contribution < -0.4 is 19.5 Å². The standard InChI is InChI=1S/C22H25BrN4O3/c1-27-8-6-14(7-9-27)30-20-12-16(29-3)11-19-21(20)22(25-13-24-19)26-18-10-15(28-2)4-5-17(18)23/h4-5,10-14H,6-9H2,1-3H3,(H,24,25,26). The number of nitrogens with one attached hydrogen (secondary N) is 1. The molecule has 0 atom stereocenters. The third kappa shape index (κ3) is 4.44. The van der Waals surface area contributed by atoms with Crippen molar-refractivity contribution in [2.45, 2.75) is 18.9 Å². The van der Waals surface area contributed by atoms with Crippen LogP contribution in [0.25, 0.3) is 10.9 Å². The van der Waals surface area contributed by atoms with Crippen LogP contribution in [0, 0.1) is 0 Å². The summed E-state index contributed by atoms with van der Waals surface area (Å²) in [6.45, 7) is 2.04. The van der Waals surface area contributed by atoms with E-state index in [9.17, 15) is 0 Å². The molecule has 7 nitrogen and oxygen atoms in total. The Morgan fingerprint density at radius 3 is 2.53 bits per heavy atom. The third-order valence-electron chi connectivity index (χ3n) is 5.30. The molecule has 0 unspecified atom stereocenters. The van der Waals surface area contributed by atoms with Crippen LogP contribution in [0.4, 0.5) is 11.5 Å². The minimum absolute atomic E-state index is 0.146. The van der Waals surface area contributed by atoms with Gasteiger partial charge < -0.3 is 24.4 Å². The quantitative estimate of drug-likeness (QED) is 0.560. The van der Waals surface area contributed by atoms with E-state index in [-0.39, 0.29) is 6.10 Å². The van der Waals surface area contributed by atoms with E-state index < -0.39 is 0 Å². The lowest BCUT2D eigenvalue weighted by molar-refractivity contribution is 0.115. The fourth-order valence-electron chi connectivity index (χ4n) is 3.57. The molecule has 1 aliphatic rings. The second-order valence-electron chi connectivity index (χ2n) is 7.33. The summed E-state index contributed by atoms with van der Waals surface area (Å²) in [5.74, 6) is 2.85. The summed E-state index contributed by atoms with van der Waals surface area (Å²) in [5, 5.41) is 4.23. The second kappa shape index (κ2) is 9.06. The first-order chi connectivity index (χ1) is 14.6. The van der Waals surface area contributed by atoms with Gasteiger partial charge in [0.25, 0.3) is 0 Å². The Morgan fingerprint density at radius 1 is 1.03 bits per heavy atom. The van der Waals surface area contributed by atoms with Gasteiger partial charge in [-0.1, -0.05) is 0 Å². The molecular formula is C22H25BrN4O3. The molecule has 158 valence electrons. The average molecular weight is 473 g/mol. The minimum Gasteiger partial charge on any atom is -0.497 e. The maximum atomic E-state index is 6.45. The van der Waals surface area contributed by atoms with Crippen molar-refractivity contribution in [3.05, 3.63) is 41.1 Å². The number of anilines is 2. The summed E-state index contributed by atoms with van der Waals surface area (Å²) >= 11 is 3.59. The van der Waals surface area contributed by atoms with E-state index in [0.29, 0.717) is 11.6 Å². The molecule has 3 aromatic rings. The Hall–Kier alpha value is -2.58. The molecule has 0 aliphatic carbocycles. The molecule has 1 fully saturated rings. The molecule has 1 aliphatic heterocycles. The van der Waals surface area contributed by atoms with Gasteiger partial charge >= 0.3 is 0 Å². The fourth-order valence-corrected chi connectivity index (χ4v) is 3.92. The number of hydrogen-bond donors (Lipinski definition) is 1. The zero-order chi connectivity index (χ0) is 21.1. The maximum Gasteiger partial charge on any atom is 0.145 e. The molecule has 1 saturated heterocycles. The van der Waals surface area contributed by atoms with Crippen LogP contribution in [0.3, 0.4) is 0 Å². The highest BCUT2D eigenvalue weighted by Crippen LogP contribution is 2.38. The van der Waals surface area contributed by atoms with Gasteiger partial charge in [0, 0.05) is 35.8 Å². The van der Waals surface area contributed by atoms with Gasteiger partial charge in [0.2, 0.25) is 0 Å². The Bertz CT molecular complexity index is 1040. The molecule has 8 heteroatoms. The monoisotopic (exact) mass is 472 g/mol. The molecule has 0 spiro atoms. The predicted octanol–water partition coefficient (Wildman–Crippen LogP) is 4.63. The number of benzene rings is 2. The van der Waals surface area contributed by atoms with Crippen LogP contribution in [-0.4, -0.2) is 55.3 Å². The van der Waals surface area contributed by atoms with Gasteiger partial charge in [-0.3, -0.25) is 0 Å². The smallest absolute Gasteiger partial charge is 0.145 e. The van der Waals surface area contributed by atoms with E-state index in [1.807, 2.05) is 30.3 Å². The number of ether oxygens (including phenoxy) is 3. The van der Waals surface area contributed by atoms with Crippen LogP contribution in [0.1, 0.15) is 12.8 Å². The molecule has 2 heterocycles. The number of hydrogen-bond acceptors (Lipinski definition) is 7. The van der Waals surface area contributed by atoms with Crippen molar-refractivity contribution in [1.82, 2.24) is 14.9 Å². The lowest BCUT2D eigenvalue weighted by Crippen LogP contribution is -2.35. The van der Waals surface area contributed by atoms with Crippen LogP contribution in [-0.2, 0) is 0 Å². The summed E-state index contributed by atoms with van der Waals surface area (Å²) < 4.78 is 18.2. The molecule has 0 bridgehead atoms. The molecule has 2 aromatic carbocycles. The van der Waals surface area contributed by atoms with Crippen molar-refractivity contribution in [3.63, 3.8) is 0 Å². The van der Waals surface area contributed by atoms with Gasteiger partial charge in [-0.25, -0.2) is 9.97 Å². The number of aromatic nitrogens is 2. The fraction of sp³-hybridized carbons (Fsp3) is 0.364. The van der Waals surface area contributed by atoms with Crippen LogP contribution in [0.5, 0.6) is 17.2 Å². The minimum atomic E-state index is 0.146. The number of piperidine rings is 1. The van der Waals surface area contributed by atoms with Gasteiger partial charge in [-0.05, 0) is 48.0 Å². The predicted molar refractivity (Wildman–Crippen MR) is 121 cm³/mol. The Kier molecular flexibility index (Phi) is 6.24. The molecular weight excluding hydrogens is 448 g/mol. The molecule has 4 rings (SSSR count). The van der Waals surface area contributed by atoms with Crippen molar-refractivity contribution in [3.8, 4) is 17.2 Å². The molecule has 1 N–H and O–H groups in total. The molecule has 1 aromatic heterocycles. The lowest BCUT2D eigenvalue weighted by Gasteiger charge is -2.29. The number of methoxy groups -OCH3 is 2. The number of fused-ring (bicyclic) bond motifs is 1. The van der Waals surface area contributed by atoms with Gasteiger partial charge in [-0.15, -0.1) is 0 Å². The zero-order valence-corrected chi connectivity index (χ0v) is 18.9. The number of nitrogens with zero attached hydrogens (tertiary/aromatic N) is 3. The first kappa shape index (κ1) is 20.7. The van der Waals surface area contributed by atoms with Crippen molar-refractivity contribution in [1.29, 1.82) is 0 Å².